The second kappa shape index (κ2) is 9.67. The van der Waals surface area contributed by atoms with Gasteiger partial charge in [0, 0.05) is 38.5 Å². The highest BCUT2D eigenvalue weighted by Gasteiger charge is 2.47. The molecule has 3 rings (SSSR count). The zero-order valence-corrected chi connectivity index (χ0v) is 17.6. The van der Waals surface area contributed by atoms with Gasteiger partial charge in [0.2, 0.25) is 0 Å². The molecule has 1 aromatic carbocycles. The SMILES string of the molecule is COc1ccccc1OCC(O)CN1CCC2(CC1)CN(C(C)C)C(=O)O2.Cl. The van der Waals surface area contributed by atoms with Crippen LogP contribution in [0.15, 0.2) is 24.3 Å². The van der Waals surface area contributed by atoms with Crippen molar-refractivity contribution in [3.05, 3.63) is 24.3 Å². The normalized spacial score (nSPS) is 20.0. The Labute approximate surface area is 172 Å². The summed E-state index contributed by atoms with van der Waals surface area (Å²) >= 11 is 0. The topological polar surface area (TPSA) is 71.5 Å². The fourth-order valence-corrected chi connectivity index (χ4v) is 3.72. The van der Waals surface area contributed by atoms with Crippen molar-refractivity contribution in [2.45, 2.75) is 44.4 Å². The monoisotopic (exact) mass is 414 g/mol. The van der Waals surface area contributed by atoms with E-state index in [1.165, 1.54) is 0 Å². The smallest absolute Gasteiger partial charge is 0.410 e. The van der Waals surface area contributed by atoms with Gasteiger partial charge in [0.1, 0.15) is 18.3 Å². The molecule has 0 aliphatic carbocycles. The number of β-amino-alcohol motifs (C(OH)–C–C–N with tert-alkyl or cyclic N) is 1. The lowest BCUT2D eigenvalue weighted by Gasteiger charge is -2.38. The van der Waals surface area contributed by atoms with Crippen LogP contribution in [0.4, 0.5) is 4.79 Å². The minimum atomic E-state index is -0.595. The number of rotatable bonds is 7. The van der Waals surface area contributed by atoms with E-state index >= 15 is 0 Å². The maximum absolute atomic E-state index is 12.0. The fourth-order valence-electron chi connectivity index (χ4n) is 3.72. The first kappa shape index (κ1) is 22.6. The van der Waals surface area contributed by atoms with E-state index in [2.05, 4.69) is 4.90 Å². The maximum atomic E-state index is 12.0. The van der Waals surface area contributed by atoms with Gasteiger partial charge in [0.05, 0.1) is 13.7 Å². The molecule has 2 heterocycles. The molecule has 2 aliphatic rings. The molecule has 1 spiro atoms. The minimum Gasteiger partial charge on any atom is -0.493 e. The number of likely N-dealkylation sites (tertiary alicyclic amines) is 1. The van der Waals surface area contributed by atoms with Crippen molar-refractivity contribution in [1.82, 2.24) is 9.80 Å². The molecule has 7 nitrogen and oxygen atoms in total. The third-order valence-electron chi connectivity index (χ3n) is 5.36. The number of hydrogen-bond acceptors (Lipinski definition) is 6. The minimum absolute atomic E-state index is 0. The van der Waals surface area contributed by atoms with E-state index in [-0.39, 0.29) is 36.8 Å². The second-order valence-electron chi connectivity index (χ2n) is 7.69. The zero-order valence-electron chi connectivity index (χ0n) is 16.8. The van der Waals surface area contributed by atoms with Gasteiger partial charge in [-0.05, 0) is 26.0 Å². The number of piperidine rings is 1. The number of ether oxygens (including phenoxy) is 3. The van der Waals surface area contributed by atoms with Crippen LogP contribution in [-0.2, 0) is 4.74 Å². The molecule has 1 N–H and O–H groups in total. The molecule has 1 aromatic rings. The van der Waals surface area contributed by atoms with Gasteiger partial charge in [-0.3, -0.25) is 0 Å². The number of carbonyl (C=O) groups excluding carboxylic acids is 1. The summed E-state index contributed by atoms with van der Waals surface area (Å²) in [7, 11) is 1.60. The number of aliphatic hydroxyl groups excluding tert-OH is 1. The Bertz CT molecular complexity index is 649. The van der Waals surface area contributed by atoms with Gasteiger partial charge in [-0.15, -0.1) is 12.4 Å². The Kier molecular flexibility index (Phi) is 7.80. The fraction of sp³-hybridized carbons (Fsp3) is 0.650. The Balaban J connectivity index is 0.00000280. The number of aliphatic hydroxyl groups is 1. The molecular formula is C20H31ClN2O5. The van der Waals surface area contributed by atoms with Gasteiger partial charge in [0.15, 0.2) is 11.5 Å². The quantitative estimate of drug-likeness (QED) is 0.739. The van der Waals surface area contributed by atoms with E-state index in [9.17, 15) is 9.90 Å². The van der Waals surface area contributed by atoms with E-state index in [1.54, 1.807) is 12.0 Å². The first-order valence-corrected chi connectivity index (χ1v) is 9.58. The maximum Gasteiger partial charge on any atom is 0.410 e. The van der Waals surface area contributed by atoms with Crippen molar-refractivity contribution in [3.63, 3.8) is 0 Å². The molecule has 1 amide bonds. The van der Waals surface area contributed by atoms with Gasteiger partial charge in [-0.2, -0.15) is 0 Å². The van der Waals surface area contributed by atoms with Crippen LogP contribution >= 0.6 is 12.4 Å². The summed E-state index contributed by atoms with van der Waals surface area (Å²) < 4.78 is 16.7. The zero-order chi connectivity index (χ0) is 19.4. The van der Waals surface area contributed by atoms with Crippen LogP contribution in [0.25, 0.3) is 0 Å². The molecule has 1 atom stereocenters. The third kappa shape index (κ3) is 5.21. The molecular weight excluding hydrogens is 384 g/mol. The summed E-state index contributed by atoms with van der Waals surface area (Å²) in [5.74, 6) is 1.28. The number of benzene rings is 1. The molecule has 158 valence electrons. The molecule has 0 saturated carbocycles. The van der Waals surface area contributed by atoms with Crippen LogP contribution in [0.1, 0.15) is 26.7 Å². The van der Waals surface area contributed by atoms with Crippen molar-refractivity contribution in [1.29, 1.82) is 0 Å². The highest BCUT2D eigenvalue weighted by Crippen LogP contribution is 2.34. The Morgan fingerprint density at radius 3 is 2.43 bits per heavy atom. The van der Waals surface area contributed by atoms with Crippen molar-refractivity contribution in [2.75, 3.05) is 39.9 Å². The van der Waals surface area contributed by atoms with E-state index in [0.29, 0.717) is 24.6 Å². The van der Waals surface area contributed by atoms with Crippen LogP contribution in [0.5, 0.6) is 11.5 Å². The van der Waals surface area contributed by atoms with Gasteiger partial charge in [0.25, 0.3) is 0 Å². The van der Waals surface area contributed by atoms with Crippen LogP contribution in [0.3, 0.4) is 0 Å². The Morgan fingerprint density at radius 1 is 1.21 bits per heavy atom. The highest BCUT2D eigenvalue weighted by molar-refractivity contribution is 5.85. The van der Waals surface area contributed by atoms with Gasteiger partial charge < -0.3 is 29.1 Å². The molecule has 2 aliphatic heterocycles. The first-order valence-electron chi connectivity index (χ1n) is 9.58. The van der Waals surface area contributed by atoms with E-state index in [1.807, 2.05) is 38.1 Å². The molecule has 28 heavy (non-hydrogen) atoms. The number of halogens is 1. The summed E-state index contributed by atoms with van der Waals surface area (Å²) in [6.45, 7) is 7.01. The number of nitrogens with zero attached hydrogens (tertiary/aromatic N) is 2. The number of para-hydroxylation sites is 2. The van der Waals surface area contributed by atoms with Crippen LogP contribution in [0, 0.1) is 0 Å². The summed E-state index contributed by atoms with van der Waals surface area (Å²) in [6, 6.07) is 7.56. The van der Waals surface area contributed by atoms with Crippen LogP contribution in [0.2, 0.25) is 0 Å². The third-order valence-corrected chi connectivity index (χ3v) is 5.36. The van der Waals surface area contributed by atoms with E-state index in [0.717, 1.165) is 25.9 Å². The molecule has 2 fully saturated rings. The molecule has 0 bridgehead atoms. The average Bonchev–Trinajstić information content (AvgIpc) is 2.98. The van der Waals surface area contributed by atoms with Crippen molar-refractivity contribution in [3.8, 4) is 11.5 Å². The number of hydrogen-bond donors (Lipinski definition) is 1. The number of methoxy groups -OCH3 is 1. The lowest BCUT2D eigenvalue weighted by molar-refractivity contribution is -0.0146. The van der Waals surface area contributed by atoms with Crippen molar-refractivity contribution in [2.24, 2.45) is 0 Å². The second-order valence-corrected chi connectivity index (χ2v) is 7.69. The van der Waals surface area contributed by atoms with E-state index in [4.69, 9.17) is 14.2 Å². The highest BCUT2D eigenvalue weighted by atomic mass is 35.5. The Morgan fingerprint density at radius 2 is 1.86 bits per heavy atom. The van der Waals surface area contributed by atoms with Gasteiger partial charge in [-0.25, -0.2) is 4.79 Å². The first-order chi connectivity index (χ1) is 12.9. The van der Waals surface area contributed by atoms with Gasteiger partial charge in [-0.1, -0.05) is 12.1 Å². The number of amides is 1. The lowest BCUT2D eigenvalue weighted by Crippen LogP contribution is -2.49. The summed E-state index contributed by atoms with van der Waals surface area (Å²) in [4.78, 5) is 16.0. The van der Waals surface area contributed by atoms with Crippen LogP contribution < -0.4 is 9.47 Å². The average molecular weight is 415 g/mol. The van der Waals surface area contributed by atoms with Gasteiger partial charge >= 0.3 is 6.09 Å². The van der Waals surface area contributed by atoms with Crippen LogP contribution in [-0.4, -0.2) is 78.6 Å². The predicted octanol–water partition coefficient (Wildman–Crippen LogP) is 2.55. The van der Waals surface area contributed by atoms with Crippen molar-refractivity contribution < 1.29 is 24.1 Å². The molecule has 2 saturated heterocycles. The molecule has 0 aromatic heterocycles. The lowest BCUT2D eigenvalue weighted by atomic mass is 9.91. The molecule has 8 heteroatoms. The Hall–Kier alpha value is -1.70. The predicted molar refractivity (Wildman–Crippen MR) is 108 cm³/mol. The number of carbonyl (C=O) groups is 1. The molecule has 1 unspecified atom stereocenters. The van der Waals surface area contributed by atoms with Crippen molar-refractivity contribution >= 4 is 18.5 Å². The summed E-state index contributed by atoms with van der Waals surface area (Å²) in [5.41, 5.74) is -0.364. The summed E-state index contributed by atoms with van der Waals surface area (Å²) in [6.07, 6.45) is 0.787. The summed E-state index contributed by atoms with van der Waals surface area (Å²) in [5, 5.41) is 10.3. The standard InChI is InChI=1S/C20H30N2O5.ClH/c1-15(2)22-14-20(27-19(22)24)8-10-21(11-9-20)12-16(23)13-26-18-7-5-4-6-17(18)25-3;/h4-7,15-16,23H,8-14H2,1-3H3;1H. The largest absolute Gasteiger partial charge is 0.493 e. The van der Waals surface area contributed by atoms with E-state index < -0.39 is 6.10 Å². The molecule has 0 radical (unpaired) electrons.